The number of esters is 6. The van der Waals surface area contributed by atoms with Crippen molar-refractivity contribution in [3.8, 4) is 136 Å². The molecule has 0 aliphatic rings. The summed E-state index contributed by atoms with van der Waals surface area (Å²) in [4.78, 5) is 90.0. The van der Waals surface area contributed by atoms with E-state index in [1.54, 1.807) is 188 Å². The third kappa shape index (κ3) is 16.9. The topological polar surface area (TPSA) is 213 Å². The summed E-state index contributed by atoms with van der Waals surface area (Å²) in [5.41, 5.74) is 10.5. The van der Waals surface area contributed by atoms with Crippen LogP contribution in [0.3, 0.4) is 0 Å². The lowest BCUT2D eigenvalue weighted by Crippen LogP contribution is -2.14. The zero-order valence-corrected chi connectivity index (χ0v) is 65.5. The molecule has 18 heteroatoms. The number of ether oxygens (including phenoxy) is 12. The van der Waals surface area contributed by atoms with E-state index >= 15 is 28.8 Å². The van der Waals surface area contributed by atoms with Gasteiger partial charge in [-0.15, -0.1) is 0 Å². The SMILES string of the molecule is COc1ccc(-c2ccc(C(=O)Oc3cc4c5cc(OC(=O)c6ccc(-c7ccc(OC)cc7)cc6)c(OC(=O)c6ccc(-c7ccc(OC)cc7)cc6)cc5c5cc(OC(=O)c6ccc(-c7ccc(OC)cc7)cc6)c(OC(=O)c6ccc(-c7ccc(OC)cc7)cc6)cc5c4cc3OC(=O)c3ccc(-c4ccc(OC)cc4)cc3)cc2)cc1. The molecule has 0 atom stereocenters. The molecule has 0 amide bonds. The molecular weight excluding hydrogens is 1510 g/mol. The van der Waals surface area contributed by atoms with Crippen molar-refractivity contribution >= 4 is 68.1 Å². The minimum absolute atomic E-state index is 0.118. The van der Waals surface area contributed by atoms with Crippen LogP contribution in [0.4, 0.5) is 0 Å². The van der Waals surface area contributed by atoms with E-state index in [0.717, 1.165) is 66.8 Å². The molecule has 120 heavy (non-hydrogen) atoms. The lowest BCUT2D eigenvalue weighted by atomic mass is 9.93. The summed E-state index contributed by atoms with van der Waals surface area (Å²) < 4.78 is 71.2. The van der Waals surface area contributed by atoms with Crippen LogP contribution in [0.1, 0.15) is 62.1 Å². The second-order valence-corrected chi connectivity index (χ2v) is 27.7. The smallest absolute Gasteiger partial charge is 0.343 e. The molecule has 588 valence electrons. The molecule has 0 aliphatic heterocycles. The second kappa shape index (κ2) is 34.5. The van der Waals surface area contributed by atoms with Crippen molar-refractivity contribution in [1.82, 2.24) is 0 Å². The van der Waals surface area contributed by atoms with Gasteiger partial charge in [0.05, 0.1) is 76.0 Å². The van der Waals surface area contributed by atoms with E-state index in [4.69, 9.17) is 56.8 Å². The molecule has 0 saturated carbocycles. The van der Waals surface area contributed by atoms with Crippen LogP contribution in [0.5, 0.6) is 69.0 Å². The first-order valence-corrected chi connectivity index (χ1v) is 37.9. The van der Waals surface area contributed by atoms with E-state index in [1.807, 2.05) is 146 Å². The summed E-state index contributed by atoms with van der Waals surface area (Å²) in [6.07, 6.45) is 0. The van der Waals surface area contributed by atoms with E-state index in [9.17, 15) is 0 Å². The Balaban J connectivity index is 0.892. The molecule has 0 spiro atoms. The molecule has 0 aromatic heterocycles. The molecule has 16 rings (SSSR count). The number of methoxy groups -OCH3 is 6. The second-order valence-electron chi connectivity index (χ2n) is 27.7. The van der Waals surface area contributed by atoms with E-state index in [-0.39, 0.29) is 100 Å². The minimum Gasteiger partial charge on any atom is -0.497 e. The first-order valence-electron chi connectivity index (χ1n) is 37.9. The predicted molar refractivity (Wildman–Crippen MR) is 459 cm³/mol. The fourth-order valence-corrected chi connectivity index (χ4v) is 13.9. The third-order valence-corrected chi connectivity index (χ3v) is 20.6. The highest BCUT2D eigenvalue weighted by atomic mass is 16.6. The van der Waals surface area contributed by atoms with Gasteiger partial charge in [0.1, 0.15) is 34.5 Å². The Morgan fingerprint density at radius 3 is 0.350 bits per heavy atom. The number of hydrogen-bond donors (Lipinski definition) is 0. The van der Waals surface area contributed by atoms with Gasteiger partial charge >= 0.3 is 35.8 Å². The number of benzene rings is 16. The predicted octanol–water partition coefficient (Wildman–Crippen LogP) is 22.5. The van der Waals surface area contributed by atoms with Gasteiger partial charge in [-0.3, -0.25) is 0 Å². The lowest BCUT2D eigenvalue weighted by Gasteiger charge is -2.19. The molecule has 0 heterocycles. The van der Waals surface area contributed by atoms with E-state index in [0.29, 0.717) is 34.5 Å². The Bertz CT molecular complexity index is 5470. The highest BCUT2D eigenvalue weighted by Crippen LogP contribution is 2.49. The maximum atomic E-state index is 15.0. The van der Waals surface area contributed by atoms with Gasteiger partial charge in [-0.1, -0.05) is 146 Å². The van der Waals surface area contributed by atoms with Crippen molar-refractivity contribution in [3.63, 3.8) is 0 Å². The summed E-state index contributed by atoms with van der Waals surface area (Å²) in [6, 6.07) is 94.0. The third-order valence-electron chi connectivity index (χ3n) is 20.6. The number of hydrogen-bond acceptors (Lipinski definition) is 18. The van der Waals surface area contributed by atoms with Gasteiger partial charge in [0, 0.05) is 0 Å². The minimum atomic E-state index is -0.853. The van der Waals surface area contributed by atoms with E-state index in [1.165, 1.54) is 36.4 Å². The molecule has 0 radical (unpaired) electrons. The molecule has 0 saturated heterocycles. The van der Waals surface area contributed by atoms with Crippen LogP contribution < -0.4 is 56.8 Å². The van der Waals surface area contributed by atoms with Gasteiger partial charge in [0.2, 0.25) is 0 Å². The summed E-state index contributed by atoms with van der Waals surface area (Å²) in [5.74, 6) is -2.68. The van der Waals surface area contributed by atoms with Crippen molar-refractivity contribution in [1.29, 1.82) is 0 Å². The van der Waals surface area contributed by atoms with E-state index < -0.39 is 35.8 Å². The van der Waals surface area contributed by atoms with Crippen molar-refractivity contribution in [2.75, 3.05) is 42.7 Å². The summed E-state index contributed by atoms with van der Waals surface area (Å²) in [5, 5.41) is 1.50. The Kier molecular flexibility index (Phi) is 22.4. The number of carbonyl (C=O) groups excluding carboxylic acids is 6. The zero-order chi connectivity index (χ0) is 82.9. The number of fused-ring (bicyclic) bond motifs is 6. The Morgan fingerprint density at radius 2 is 0.250 bits per heavy atom. The quantitative estimate of drug-likeness (QED) is 0.0312. The maximum Gasteiger partial charge on any atom is 0.343 e. The normalized spacial score (nSPS) is 10.9. The monoisotopic (exact) mass is 1580 g/mol. The fraction of sp³-hybridized carbons (Fsp3) is 0.0588. The van der Waals surface area contributed by atoms with Crippen LogP contribution in [-0.2, 0) is 0 Å². The maximum absolute atomic E-state index is 15.0. The molecular formula is C102H72O18. The molecule has 18 nitrogen and oxygen atoms in total. The molecule has 16 aromatic rings. The fourth-order valence-electron chi connectivity index (χ4n) is 13.9. The molecule has 0 unspecified atom stereocenters. The zero-order valence-electron chi connectivity index (χ0n) is 65.5. The van der Waals surface area contributed by atoms with Gasteiger partial charge in [-0.25, -0.2) is 28.8 Å². The summed E-state index contributed by atoms with van der Waals surface area (Å²) in [7, 11) is 9.48. The summed E-state index contributed by atoms with van der Waals surface area (Å²) >= 11 is 0. The van der Waals surface area contributed by atoms with Crippen LogP contribution in [-0.4, -0.2) is 78.5 Å². The lowest BCUT2D eigenvalue weighted by molar-refractivity contribution is 0.0682. The molecule has 0 bridgehead atoms. The Morgan fingerprint density at radius 1 is 0.150 bits per heavy atom. The standard InChI is InChI=1S/C102H72O18/c1-109-79-43-31-67(32-44-79)61-7-19-73(20-8-61)97(103)115-91-55-85-86(56-92(91)116-98(104)74-21-9-62(10-22-74)68-33-45-80(110-2)46-34-68)88-58-94(118-100(106)76-25-13-64(14-26-76)70-37-49-82(112-4)50-38-70)96(120-102(108)78-29-17-66(18-30-78)72-41-53-84(114-6)54-42-72)60-90(88)89-59-95(119-101(107)77-27-15-65(16-28-77)71-39-51-83(113-5)52-40-71)93(57-87(85)89)117-99(105)75-23-11-63(12-24-75)69-35-47-81(111-3)48-36-69/h7-60H,1-6H3. The number of carbonyl (C=O) groups is 6. The first kappa shape index (κ1) is 77.8. The Labute approximate surface area is 689 Å². The summed E-state index contributed by atoms with van der Waals surface area (Å²) in [6.45, 7) is 0. The van der Waals surface area contributed by atoms with E-state index in [2.05, 4.69) is 0 Å². The van der Waals surface area contributed by atoms with Crippen LogP contribution in [0.15, 0.2) is 328 Å². The highest BCUT2D eigenvalue weighted by molar-refractivity contribution is 6.27. The van der Waals surface area contributed by atoms with Gasteiger partial charge in [0.25, 0.3) is 0 Å². The van der Waals surface area contributed by atoms with Gasteiger partial charge in [-0.2, -0.15) is 0 Å². The molecule has 16 aromatic carbocycles. The van der Waals surface area contributed by atoms with Crippen LogP contribution in [0.2, 0.25) is 0 Å². The Hall–Kier alpha value is -16.1. The largest absolute Gasteiger partial charge is 0.497 e. The van der Waals surface area contributed by atoms with Crippen molar-refractivity contribution in [2.45, 2.75) is 0 Å². The average Bonchev–Trinajstić information content (AvgIpc) is 0.720. The number of rotatable bonds is 24. The van der Waals surface area contributed by atoms with Gasteiger partial charge in [0.15, 0.2) is 34.5 Å². The van der Waals surface area contributed by atoms with Gasteiger partial charge in [-0.05, 0) is 281 Å². The first-order chi connectivity index (χ1) is 58.6. The van der Waals surface area contributed by atoms with Crippen molar-refractivity contribution in [2.24, 2.45) is 0 Å². The van der Waals surface area contributed by atoms with Gasteiger partial charge < -0.3 is 56.8 Å². The molecule has 0 N–H and O–H groups in total. The highest BCUT2D eigenvalue weighted by Gasteiger charge is 2.28. The van der Waals surface area contributed by atoms with Crippen LogP contribution in [0.25, 0.3) is 99.1 Å². The molecule has 0 fully saturated rings. The van der Waals surface area contributed by atoms with Crippen molar-refractivity contribution in [3.05, 3.63) is 361 Å². The van der Waals surface area contributed by atoms with Crippen LogP contribution in [0, 0.1) is 0 Å². The van der Waals surface area contributed by atoms with Crippen molar-refractivity contribution < 1.29 is 85.6 Å². The van der Waals surface area contributed by atoms with Crippen LogP contribution >= 0.6 is 0 Å². The average molecular weight is 1590 g/mol. The molecule has 0 aliphatic carbocycles.